The van der Waals surface area contributed by atoms with E-state index in [2.05, 4.69) is 10.6 Å². The molecule has 0 unspecified atom stereocenters. The molecule has 1 fully saturated rings. The number of carbonyl (C=O) groups excluding carboxylic acids is 3. The molecular formula is C19H19N3O3S. The minimum absolute atomic E-state index is 0.336. The number of urea groups is 1. The number of anilines is 1. The van der Waals surface area contributed by atoms with E-state index in [1.807, 2.05) is 29.6 Å². The van der Waals surface area contributed by atoms with Crippen LogP contribution in [0.5, 0.6) is 0 Å². The number of nitrogens with zero attached hydrogens (tertiary/aromatic N) is 1. The highest BCUT2D eigenvalue weighted by Crippen LogP contribution is 2.42. The first kappa shape index (κ1) is 16.8. The molecule has 2 heterocycles. The molecule has 1 aromatic heterocycles. The predicted molar refractivity (Wildman–Crippen MR) is 98.8 cm³/mol. The quantitative estimate of drug-likeness (QED) is 0.817. The molecule has 0 radical (unpaired) electrons. The van der Waals surface area contributed by atoms with Gasteiger partial charge in [0.15, 0.2) is 0 Å². The van der Waals surface area contributed by atoms with Crippen LogP contribution in [0.15, 0.2) is 41.8 Å². The molecule has 2 aliphatic rings. The van der Waals surface area contributed by atoms with Gasteiger partial charge in [0.25, 0.3) is 5.91 Å². The molecule has 4 rings (SSSR count). The van der Waals surface area contributed by atoms with Gasteiger partial charge in [-0.15, -0.1) is 11.3 Å². The van der Waals surface area contributed by atoms with Crippen molar-refractivity contribution in [2.75, 3.05) is 5.32 Å². The van der Waals surface area contributed by atoms with E-state index in [0.717, 1.165) is 28.2 Å². The van der Waals surface area contributed by atoms with Gasteiger partial charge in [0.2, 0.25) is 5.91 Å². The maximum Gasteiger partial charge on any atom is 0.326 e. The molecule has 4 amide bonds. The molecule has 6 nitrogen and oxygen atoms in total. The Kier molecular flexibility index (Phi) is 4.03. The number of benzene rings is 1. The molecular weight excluding hydrogens is 350 g/mol. The third-order valence-electron chi connectivity index (χ3n) is 5.09. The third-order valence-corrected chi connectivity index (χ3v) is 6.07. The summed E-state index contributed by atoms with van der Waals surface area (Å²) in [5, 5.41) is 7.58. The van der Waals surface area contributed by atoms with Crippen molar-refractivity contribution in [3.05, 3.63) is 52.2 Å². The number of hydrogen-bond acceptors (Lipinski definition) is 4. The van der Waals surface area contributed by atoms with E-state index in [1.165, 1.54) is 0 Å². The van der Waals surface area contributed by atoms with Crippen molar-refractivity contribution in [2.24, 2.45) is 0 Å². The summed E-state index contributed by atoms with van der Waals surface area (Å²) in [4.78, 5) is 40.6. The maximum atomic E-state index is 13.2. The summed E-state index contributed by atoms with van der Waals surface area (Å²) in [5.74, 6) is -0.726. The molecule has 0 saturated carbocycles. The van der Waals surface area contributed by atoms with E-state index in [1.54, 1.807) is 30.4 Å². The second kappa shape index (κ2) is 6.25. The molecule has 26 heavy (non-hydrogen) atoms. The second-order valence-corrected chi connectivity index (χ2v) is 7.65. The maximum absolute atomic E-state index is 13.2. The van der Waals surface area contributed by atoms with Gasteiger partial charge in [-0.1, -0.05) is 18.2 Å². The van der Waals surface area contributed by atoms with E-state index in [9.17, 15) is 14.4 Å². The lowest BCUT2D eigenvalue weighted by molar-refractivity contribution is -0.137. The fourth-order valence-electron chi connectivity index (χ4n) is 3.75. The van der Waals surface area contributed by atoms with Crippen LogP contribution in [0.4, 0.5) is 10.5 Å². The summed E-state index contributed by atoms with van der Waals surface area (Å²) in [7, 11) is 0. The van der Waals surface area contributed by atoms with Gasteiger partial charge in [-0.25, -0.2) is 9.69 Å². The number of imide groups is 1. The van der Waals surface area contributed by atoms with Crippen molar-refractivity contribution in [3.8, 4) is 0 Å². The van der Waals surface area contributed by atoms with Crippen LogP contribution in [0.2, 0.25) is 0 Å². The van der Waals surface area contributed by atoms with Crippen molar-refractivity contribution in [2.45, 2.75) is 37.8 Å². The normalized spacial score (nSPS) is 22.9. The van der Waals surface area contributed by atoms with Gasteiger partial charge in [0.1, 0.15) is 11.6 Å². The zero-order valence-corrected chi connectivity index (χ0v) is 15.1. The number of rotatable bonds is 3. The Morgan fingerprint density at radius 1 is 1.27 bits per heavy atom. The Balaban J connectivity index is 1.60. The van der Waals surface area contributed by atoms with Crippen molar-refractivity contribution >= 4 is 34.9 Å². The molecule has 0 bridgehead atoms. The molecule has 1 aliphatic carbocycles. The Labute approximate surface area is 155 Å². The molecule has 7 heteroatoms. The summed E-state index contributed by atoms with van der Waals surface area (Å²) < 4.78 is 0. The molecule has 134 valence electrons. The van der Waals surface area contributed by atoms with Gasteiger partial charge < -0.3 is 10.6 Å². The Morgan fingerprint density at radius 2 is 2.04 bits per heavy atom. The van der Waals surface area contributed by atoms with Crippen molar-refractivity contribution in [3.63, 3.8) is 0 Å². The SMILES string of the molecule is C[C@@H](C(=O)Nc1ccccc1)N1C(=O)N[C@@]2(CCCc3sccc32)C1=O. The van der Waals surface area contributed by atoms with Crippen LogP contribution in [0.25, 0.3) is 0 Å². The van der Waals surface area contributed by atoms with Crippen molar-refractivity contribution in [1.82, 2.24) is 10.2 Å². The summed E-state index contributed by atoms with van der Waals surface area (Å²) in [6.45, 7) is 1.58. The number of fused-ring (bicyclic) bond motifs is 2. The van der Waals surface area contributed by atoms with E-state index < -0.39 is 23.5 Å². The lowest BCUT2D eigenvalue weighted by Gasteiger charge is -2.31. The van der Waals surface area contributed by atoms with Crippen LogP contribution in [0.1, 0.15) is 30.2 Å². The van der Waals surface area contributed by atoms with Gasteiger partial charge in [-0.2, -0.15) is 0 Å². The summed E-state index contributed by atoms with van der Waals surface area (Å²) in [6.07, 6.45) is 2.31. The third kappa shape index (κ3) is 2.50. The standard InChI is InChI=1S/C19H19N3O3S/c1-12(16(23)20-13-6-3-2-4-7-13)22-17(24)19(21-18(22)25)10-5-8-15-14(19)9-11-26-15/h2-4,6-7,9,11-12H,5,8,10H2,1H3,(H,20,23)(H,21,25)/t12-,19+/m0/s1. The molecule has 2 N–H and O–H groups in total. The lowest BCUT2D eigenvalue weighted by Crippen LogP contribution is -2.49. The van der Waals surface area contributed by atoms with Gasteiger partial charge in [0, 0.05) is 16.1 Å². The minimum atomic E-state index is -1.02. The molecule has 1 saturated heterocycles. The summed E-state index contributed by atoms with van der Waals surface area (Å²) in [5.41, 5.74) is 0.487. The summed E-state index contributed by atoms with van der Waals surface area (Å²) in [6, 6.07) is 9.49. The van der Waals surface area contributed by atoms with Crippen LogP contribution in [-0.2, 0) is 21.5 Å². The lowest BCUT2D eigenvalue weighted by atomic mass is 9.80. The Hall–Kier alpha value is -2.67. The zero-order valence-electron chi connectivity index (χ0n) is 14.3. The first-order valence-corrected chi connectivity index (χ1v) is 9.49. The van der Waals surface area contributed by atoms with Crippen molar-refractivity contribution in [1.29, 1.82) is 0 Å². The molecule has 2 aromatic rings. The topological polar surface area (TPSA) is 78.5 Å². The zero-order chi connectivity index (χ0) is 18.3. The van der Waals surface area contributed by atoms with E-state index in [-0.39, 0.29) is 5.91 Å². The highest BCUT2D eigenvalue weighted by molar-refractivity contribution is 7.10. The number of carbonyl (C=O) groups is 3. The predicted octanol–water partition coefficient (Wildman–Crippen LogP) is 2.86. The fourth-order valence-corrected chi connectivity index (χ4v) is 4.75. The average molecular weight is 369 g/mol. The molecule has 1 aromatic carbocycles. The van der Waals surface area contributed by atoms with Crippen LogP contribution in [-0.4, -0.2) is 28.8 Å². The van der Waals surface area contributed by atoms with Crippen LogP contribution in [0, 0.1) is 0 Å². The smallest absolute Gasteiger partial charge is 0.324 e. The average Bonchev–Trinajstić information content (AvgIpc) is 3.20. The number of nitrogens with one attached hydrogen (secondary N) is 2. The van der Waals surface area contributed by atoms with E-state index in [0.29, 0.717) is 12.1 Å². The molecule has 1 spiro atoms. The van der Waals surface area contributed by atoms with Crippen LogP contribution < -0.4 is 10.6 Å². The Morgan fingerprint density at radius 3 is 2.81 bits per heavy atom. The van der Waals surface area contributed by atoms with E-state index in [4.69, 9.17) is 0 Å². The first-order chi connectivity index (χ1) is 12.5. The Bertz CT molecular complexity index is 879. The van der Waals surface area contributed by atoms with E-state index >= 15 is 0 Å². The number of amides is 4. The summed E-state index contributed by atoms with van der Waals surface area (Å²) >= 11 is 1.61. The number of thiophene rings is 1. The molecule has 1 aliphatic heterocycles. The molecule has 2 atom stereocenters. The second-order valence-electron chi connectivity index (χ2n) is 6.65. The van der Waals surface area contributed by atoms with Crippen molar-refractivity contribution < 1.29 is 14.4 Å². The van der Waals surface area contributed by atoms with Crippen LogP contribution in [0.3, 0.4) is 0 Å². The number of aryl methyl sites for hydroxylation is 1. The first-order valence-electron chi connectivity index (χ1n) is 8.61. The van der Waals surface area contributed by atoms with Gasteiger partial charge >= 0.3 is 6.03 Å². The highest BCUT2D eigenvalue weighted by Gasteiger charge is 2.56. The monoisotopic (exact) mass is 369 g/mol. The number of para-hydroxylation sites is 1. The van der Waals surface area contributed by atoms with Gasteiger partial charge in [0.05, 0.1) is 0 Å². The van der Waals surface area contributed by atoms with Gasteiger partial charge in [-0.05, 0) is 49.8 Å². The largest absolute Gasteiger partial charge is 0.326 e. The number of hydrogen-bond donors (Lipinski definition) is 2. The fraction of sp³-hybridized carbons (Fsp3) is 0.316. The van der Waals surface area contributed by atoms with Crippen LogP contribution >= 0.6 is 11.3 Å². The highest BCUT2D eigenvalue weighted by atomic mass is 32.1. The minimum Gasteiger partial charge on any atom is -0.324 e. The van der Waals surface area contributed by atoms with Gasteiger partial charge in [-0.3, -0.25) is 9.59 Å².